The minimum Gasteiger partial charge on any atom is -0.306 e. The zero-order valence-electron chi connectivity index (χ0n) is 17.7. The summed E-state index contributed by atoms with van der Waals surface area (Å²) in [5, 5.41) is 8.91. The van der Waals surface area contributed by atoms with Crippen molar-refractivity contribution < 1.29 is 4.94 Å². The van der Waals surface area contributed by atoms with E-state index in [4.69, 9.17) is 10.3 Å². The Morgan fingerprint density at radius 3 is 2.54 bits per heavy atom. The van der Waals surface area contributed by atoms with Crippen LogP contribution in [0.5, 0.6) is 0 Å². The lowest BCUT2D eigenvalue weighted by molar-refractivity contribution is -0.124. The van der Waals surface area contributed by atoms with Gasteiger partial charge in [-0.3, -0.25) is 5.41 Å². The first kappa shape index (κ1) is 24.8. The Morgan fingerprint density at radius 2 is 1.92 bits per heavy atom. The summed E-state index contributed by atoms with van der Waals surface area (Å²) >= 11 is 0. The highest BCUT2D eigenvalue weighted by Gasteiger charge is 2.14. The van der Waals surface area contributed by atoms with Gasteiger partial charge in [0.15, 0.2) is 0 Å². The lowest BCUT2D eigenvalue weighted by Crippen LogP contribution is -2.27. The summed E-state index contributed by atoms with van der Waals surface area (Å²) < 4.78 is 0. The third-order valence-corrected chi connectivity index (χ3v) is 4.57. The molecule has 2 atom stereocenters. The van der Waals surface area contributed by atoms with Gasteiger partial charge < -0.3 is 4.90 Å². The molecule has 0 aliphatic heterocycles. The van der Waals surface area contributed by atoms with Crippen LogP contribution < -0.4 is 5.48 Å². The predicted molar refractivity (Wildman–Crippen MR) is 113 cm³/mol. The van der Waals surface area contributed by atoms with Crippen LogP contribution in [-0.2, 0) is 4.94 Å². The first-order valence-electron chi connectivity index (χ1n) is 10.3. The topological polar surface area (TPSA) is 51.6 Å². The smallest absolute Gasteiger partial charge is 0.114 e. The van der Waals surface area contributed by atoms with Crippen molar-refractivity contribution in [3.63, 3.8) is 0 Å². The van der Waals surface area contributed by atoms with Crippen molar-refractivity contribution >= 4 is 6.34 Å². The minimum atomic E-state index is 0.486. The molecule has 0 saturated heterocycles. The molecule has 2 unspecified atom stereocenters. The summed E-state index contributed by atoms with van der Waals surface area (Å²) in [6.45, 7) is 11.8. The summed E-state index contributed by atoms with van der Waals surface area (Å²) in [4.78, 5) is 7.78. The second-order valence-electron chi connectivity index (χ2n) is 7.05. The molecule has 5 heteroatoms. The second-order valence-corrected chi connectivity index (χ2v) is 7.05. The summed E-state index contributed by atoms with van der Waals surface area (Å²) in [7, 11) is 2.21. The van der Waals surface area contributed by atoms with Crippen LogP contribution in [0.1, 0.15) is 66.2 Å². The molecule has 0 rings (SSSR count). The number of allylic oxidation sites excluding steroid dienone is 3. The molecule has 0 saturated carbocycles. The third kappa shape index (κ3) is 13.1. The molecule has 0 bridgehead atoms. The molecule has 2 N–H and O–H groups in total. The van der Waals surface area contributed by atoms with Crippen LogP contribution in [0.25, 0.3) is 0 Å². The van der Waals surface area contributed by atoms with Gasteiger partial charge in [0, 0.05) is 12.7 Å². The number of hydrogen-bond donors (Lipinski definition) is 2. The molecule has 0 aliphatic rings. The molecule has 0 aromatic rings. The van der Waals surface area contributed by atoms with Crippen LogP contribution in [0.2, 0.25) is 0 Å². The van der Waals surface area contributed by atoms with Gasteiger partial charge in [0.1, 0.15) is 6.34 Å². The van der Waals surface area contributed by atoms with Crippen molar-refractivity contribution in [2.45, 2.75) is 66.2 Å². The molecule has 0 aromatic carbocycles. The van der Waals surface area contributed by atoms with Crippen molar-refractivity contribution in [3.05, 3.63) is 24.4 Å². The summed E-state index contributed by atoms with van der Waals surface area (Å²) in [6, 6.07) is 0. The Balaban J connectivity index is 4.59. The lowest BCUT2D eigenvalue weighted by Gasteiger charge is -2.23. The fourth-order valence-corrected chi connectivity index (χ4v) is 2.93. The highest BCUT2D eigenvalue weighted by Crippen LogP contribution is 2.24. The van der Waals surface area contributed by atoms with Crippen molar-refractivity contribution in [3.8, 4) is 0 Å². The average molecular weight is 367 g/mol. The Bertz CT molecular complexity index is 384. The van der Waals surface area contributed by atoms with Gasteiger partial charge in [0.05, 0.1) is 0 Å². The zero-order chi connectivity index (χ0) is 19.6. The number of hydrogen-bond acceptors (Lipinski definition) is 4. The fourth-order valence-electron chi connectivity index (χ4n) is 2.93. The lowest BCUT2D eigenvalue weighted by atomic mass is 9.86. The number of rotatable bonds is 17. The first-order valence-corrected chi connectivity index (χ1v) is 10.3. The van der Waals surface area contributed by atoms with E-state index in [1.54, 1.807) is 0 Å². The van der Waals surface area contributed by atoms with E-state index in [2.05, 4.69) is 63.4 Å². The van der Waals surface area contributed by atoms with Crippen LogP contribution >= 0.6 is 0 Å². The molecule has 0 aromatic heterocycles. The quantitative estimate of drug-likeness (QED) is 0.125. The van der Waals surface area contributed by atoms with Gasteiger partial charge in [0.2, 0.25) is 0 Å². The van der Waals surface area contributed by atoms with E-state index in [1.165, 1.54) is 43.8 Å². The van der Waals surface area contributed by atoms with Gasteiger partial charge in [0.25, 0.3) is 0 Å². The van der Waals surface area contributed by atoms with Crippen molar-refractivity contribution in [2.75, 3.05) is 26.7 Å². The van der Waals surface area contributed by atoms with Crippen LogP contribution in [0.4, 0.5) is 0 Å². The number of hydroxylamine groups is 3. The van der Waals surface area contributed by atoms with Gasteiger partial charge in [-0.05, 0) is 77.4 Å². The Hall–Kier alpha value is -1.17. The normalized spacial score (nSPS) is 14.4. The largest absolute Gasteiger partial charge is 0.306 e. The molecular weight excluding hydrogens is 324 g/mol. The molecular formula is C21H42N4O. The van der Waals surface area contributed by atoms with Gasteiger partial charge in [-0.15, -0.1) is 0 Å². The number of nitrogens with one attached hydrogen (secondary N) is 2. The summed E-state index contributed by atoms with van der Waals surface area (Å²) in [5.74, 6) is 1.10. The van der Waals surface area contributed by atoms with E-state index in [9.17, 15) is 0 Å². The molecule has 0 radical (unpaired) electrons. The average Bonchev–Trinajstić information content (AvgIpc) is 2.63. The van der Waals surface area contributed by atoms with Crippen LogP contribution in [0.3, 0.4) is 0 Å². The van der Waals surface area contributed by atoms with Gasteiger partial charge in [-0.1, -0.05) is 39.0 Å². The monoisotopic (exact) mass is 366 g/mol. The van der Waals surface area contributed by atoms with E-state index in [-0.39, 0.29) is 0 Å². The van der Waals surface area contributed by atoms with Crippen LogP contribution in [0, 0.1) is 17.2 Å². The zero-order valence-corrected chi connectivity index (χ0v) is 17.7. The van der Waals surface area contributed by atoms with Crippen LogP contribution in [-0.4, -0.2) is 43.0 Å². The maximum Gasteiger partial charge on any atom is 0.114 e. The van der Waals surface area contributed by atoms with E-state index < -0.39 is 0 Å². The highest BCUT2D eigenvalue weighted by atomic mass is 16.8. The fraction of sp³-hybridized carbons (Fsp3) is 0.762. The summed E-state index contributed by atoms with van der Waals surface area (Å²) in [6.07, 6.45) is 16.5. The number of nitrogens with zero attached hydrogens (tertiary/aromatic N) is 2. The van der Waals surface area contributed by atoms with Gasteiger partial charge in [-0.2, -0.15) is 10.4 Å². The minimum absolute atomic E-state index is 0.486. The third-order valence-electron chi connectivity index (χ3n) is 4.57. The second kappa shape index (κ2) is 17.3. The van der Waals surface area contributed by atoms with E-state index in [0.29, 0.717) is 11.8 Å². The highest BCUT2D eigenvalue weighted by molar-refractivity contribution is 5.50. The molecule has 0 spiro atoms. The first-order chi connectivity index (χ1) is 12.6. The molecule has 0 aliphatic carbocycles. The van der Waals surface area contributed by atoms with E-state index >= 15 is 0 Å². The van der Waals surface area contributed by atoms with Crippen LogP contribution in [0.15, 0.2) is 24.4 Å². The maximum absolute atomic E-state index is 7.48. The van der Waals surface area contributed by atoms with Gasteiger partial charge in [-0.25, -0.2) is 5.06 Å². The molecule has 0 fully saturated rings. The SMILES string of the molecule is C/C=C\CCC(/C=C/N(C=N)ONCCC)C(C)CCCN(C)CCC. The predicted octanol–water partition coefficient (Wildman–Crippen LogP) is 4.99. The summed E-state index contributed by atoms with van der Waals surface area (Å²) in [5.41, 5.74) is 2.86. The van der Waals surface area contributed by atoms with Gasteiger partial charge >= 0.3 is 0 Å². The Kier molecular flexibility index (Phi) is 16.5. The molecule has 5 nitrogen and oxygen atoms in total. The van der Waals surface area contributed by atoms with E-state index in [0.717, 1.165) is 25.8 Å². The molecule has 0 heterocycles. The molecule has 152 valence electrons. The molecule has 26 heavy (non-hydrogen) atoms. The van der Waals surface area contributed by atoms with Crippen molar-refractivity contribution in [2.24, 2.45) is 11.8 Å². The maximum atomic E-state index is 7.48. The Labute approximate surface area is 161 Å². The standard InChI is InChI=1S/C21H42N4O/c1-6-9-10-13-21(14-18-25(19-22)26-23-15-7-2)20(4)12-11-17-24(5)16-8-3/h6,9,14,18-23H,7-8,10-13,15-17H2,1-5H3/b9-6-,18-14+,22-19?. The van der Waals surface area contributed by atoms with Crippen molar-refractivity contribution in [1.82, 2.24) is 15.4 Å². The van der Waals surface area contributed by atoms with E-state index in [1.807, 2.05) is 6.20 Å². The van der Waals surface area contributed by atoms with Crippen molar-refractivity contribution in [1.29, 1.82) is 5.41 Å². The Morgan fingerprint density at radius 1 is 1.15 bits per heavy atom. The molecule has 0 amide bonds.